The molecular weight excluding hydrogens is 366 g/mol. The highest BCUT2D eigenvalue weighted by molar-refractivity contribution is 5.94. The van der Waals surface area contributed by atoms with Gasteiger partial charge in [0.05, 0.1) is 5.69 Å². The Morgan fingerprint density at radius 1 is 1.07 bits per heavy atom. The second kappa shape index (κ2) is 6.84. The molecule has 2 unspecified atom stereocenters. The second-order valence-corrected chi connectivity index (χ2v) is 7.67. The molecule has 0 bridgehead atoms. The first kappa shape index (κ1) is 17.6. The minimum Gasteiger partial charge on any atom is -0.352 e. The van der Waals surface area contributed by atoms with Gasteiger partial charge in [-0.3, -0.25) is 19.1 Å². The Labute approximate surface area is 168 Å². The van der Waals surface area contributed by atoms with Crippen molar-refractivity contribution >= 4 is 11.9 Å². The molecule has 1 amide bonds. The van der Waals surface area contributed by atoms with Gasteiger partial charge >= 0.3 is 0 Å². The Hall–Kier alpha value is -3.48. The molecule has 2 aliphatic rings. The van der Waals surface area contributed by atoms with Crippen LogP contribution in [-0.2, 0) is 7.05 Å². The van der Waals surface area contributed by atoms with E-state index < -0.39 is 0 Å². The van der Waals surface area contributed by atoms with Crippen molar-refractivity contribution in [3.8, 4) is 11.3 Å². The van der Waals surface area contributed by atoms with Crippen LogP contribution in [0.3, 0.4) is 0 Å². The molecular formula is C22H21N5O2. The molecule has 0 radical (unpaired) electrons. The fraction of sp³-hybridized carbons (Fsp3) is 0.273. The Morgan fingerprint density at radius 2 is 1.76 bits per heavy atom. The van der Waals surface area contributed by atoms with E-state index in [0.29, 0.717) is 23.5 Å². The molecule has 5 rings (SSSR count). The van der Waals surface area contributed by atoms with E-state index in [4.69, 9.17) is 0 Å². The number of rotatable bonds is 4. The third-order valence-corrected chi connectivity index (χ3v) is 5.91. The summed E-state index contributed by atoms with van der Waals surface area (Å²) in [4.78, 5) is 35.6. The fourth-order valence-electron chi connectivity index (χ4n) is 4.16. The topological polar surface area (TPSA) is 80.1 Å². The average molecular weight is 387 g/mol. The van der Waals surface area contributed by atoms with Crippen molar-refractivity contribution in [1.29, 1.82) is 0 Å². The highest BCUT2D eigenvalue weighted by atomic mass is 16.2. The number of pyridine rings is 1. The molecule has 7 heteroatoms. The van der Waals surface area contributed by atoms with Gasteiger partial charge in [0.25, 0.3) is 11.5 Å². The molecule has 3 aromatic rings. The zero-order valence-electron chi connectivity index (χ0n) is 16.0. The molecule has 1 N–H and O–H groups in total. The highest BCUT2D eigenvalue weighted by Gasteiger charge is 2.57. The third kappa shape index (κ3) is 3.18. The number of anilines is 1. The molecule has 0 spiro atoms. The summed E-state index contributed by atoms with van der Waals surface area (Å²) < 4.78 is 1.53. The molecule has 1 aromatic carbocycles. The van der Waals surface area contributed by atoms with Gasteiger partial charge < -0.3 is 10.2 Å². The van der Waals surface area contributed by atoms with Crippen molar-refractivity contribution in [3.63, 3.8) is 0 Å². The first-order chi connectivity index (χ1) is 14.1. The molecule has 29 heavy (non-hydrogen) atoms. The summed E-state index contributed by atoms with van der Waals surface area (Å²) in [5, 5.41) is 3.43. The minimum absolute atomic E-state index is 0.0850. The lowest BCUT2D eigenvalue weighted by Crippen LogP contribution is -2.34. The van der Waals surface area contributed by atoms with E-state index in [1.54, 1.807) is 19.4 Å². The van der Waals surface area contributed by atoms with Crippen LogP contribution in [0.5, 0.6) is 0 Å². The predicted molar refractivity (Wildman–Crippen MR) is 109 cm³/mol. The molecule has 2 aromatic heterocycles. The third-order valence-electron chi connectivity index (χ3n) is 5.91. The van der Waals surface area contributed by atoms with Gasteiger partial charge in [-0.05, 0) is 24.3 Å². The number of nitrogens with zero attached hydrogens (tertiary/aromatic N) is 4. The van der Waals surface area contributed by atoms with Crippen LogP contribution in [0.2, 0.25) is 0 Å². The van der Waals surface area contributed by atoms with Crippen LogP contribution < -0.4 is 10.9 Å². The highest BCUT2D eigenvalue weighted by Crippen LogP contribution is 2.47. The molecule has 1 saturated heterocycles. The zero-order valence-corrected chi connectivity index (χ0v) is 16.0. The standard InChI is InChI=1S/C22H21N5O2/c1-26-19(28)11-18(14-7-9-23-10-8-14)24-22(26)25-20-16-12-27(13-17(16)20)21(29)15-5-3-2-4-6-15/h2-11,16-17,20H,12-13H2,1H3,(H,24,25)/t16-,17?,20?/m0/s1. The minimum atomic E-state index is -0.110. The van der Waals surface area contributed by atoms with Crippen LogP contribution >= 0.6 is 0 Å². The number of amides is 1. The summed E-state index contributed by atoms with van der Waals surface area (Å²) in [5.41, 5.74) is 2.11. The number of aromatic nitrogens is 3. The summed E-state index contributed by atoms with van der Waals surface area (Å²) in [6.07, 6.45) is 3.37. The van der Waals surface area contributed by atoms with E-state index in [9.17, 15) is 9.59 Å². The average Bonchev–Trinajstić information content (AvgIpc) is 3.19. The number of carbonyl (C=O) groups is 1. The van der Waals surface area contributed by atoms with Crippen LogP contribution in [0.15, 0.2) is 65.7 Å². The molecule has 1 saturated carbocycles. The van der Waals surface area contributed by atoms with Gasteiger partial charge in [0, 0.05) is 67.6 Å². The van der Waals surface area contributed by atoms with Crippen LogP contribution in [0.25, 0.3) is 11.3 Å². The summed E-state index contributed by atoms with van der Waals surface area (Å²) in [6.45, 7) is 1.46. The summed E-state index contributed by atoms with van der Waals surface area (Å²) in [7, 11) is 1.72. The Morgan fingerprint density at radius 3 is 2.45 bits per heavy atom. The summed E-state index contributed by atoms with van der Waals surface area (Å²) in [6, 6.07) is 14.8. The van der Waals surface area contributed by atoms with Crippen LogP contribution in [0.1, 0.15) is 10.4 Å². The lowest BCUT2D eigenvalue weighted by atomic mass is 10.2. The van der Waals surface area contributed by atoms with Crippen molar-refractivity contribution in [2.45, 2.75) is 6.04 Å². The van der Waals surface area contributed by atoms with E-state index in [1.807, 2.05) is 47.4 Å². The SMILES string of the molecule is Cn1c(NC2C3CN(C(=O)c4ccccc4)C[C@@H]32)nc(-c2ccncc2)cc1=O. The van der Waals surface area contributed by atoms with E-state index >= 15 is 0 Å². The summed E-state index contributed by atoms with van der Waals surface area (Å²) in [5.74, 6) is 1.43. The van der Waals surface area contributed by atoms with Gasteiger partial charge in [0.15, 0.2) is 0 Å². The molecule has 7 nitrogen and oxygen atoms in total. The number of benzene rings is 1. The normalized spacial score (nSPS) is 22.2. The number of nitrogens with one attached hydrogen (secondary N) is 1. The number of fused-ring (bicyclic) bond motifs is 1. The molecule has 1 aliphatic carbocycles. The largest absolute Gasteiger partial charge is 0.352 e. The van der Waals surface area contributed by atoms with Crippen molar-refractivity contribution in [1.82, 2.24) is 19.4 Å². The Kier molecular flexibility index (Phi) is 4.16. The smallest absolute Gasteiger partial charge is 0.255 e. The molecule has 146 valence electrons. The monoisotopic (exact) mass is 387 g/mol. The predicted octanol–water partition coefficient (Wildman–Crippen LogP) is 2.02. The van der Waals surface area contributed by atoms with Crippen molar-refractivity contribution < 1.29 is 4.79 Å². The van der Waals surface area contributed by atoms with E-state index in [0.717, 1.165) is 24.2 Å². The molecule has 3 atom stereocenters. The lowest BCUT2D eigenvalue weighted by Gasteiger charge is -2.21. The van der Waals surface area contributed by atoms with Gasteiger partial charge in [0.2, 0.25) is 5.95 Å². The quantitative estimate of drug-likeness (QED) is 0.741. The van der Waals surface area contributed by atoms with Gasteiger partial charge in [0.1, 0.15) is 0 Å². The zero-order chi connectivity index (χ0) is 20.0. The van der Waals surface area contributed by atoms with E-state index in [2.05, 4.69) is 15.3 Å². The molecule has 3 heterocycles. The maximum atomic E-state index is 12.6. The molecule has 1 aliphatic heterocycles. The number of hydrogen-bond acceptors (Lipinski definition) is 5. The Bertz CT molecular complexity index is 1100. The maximum absolute atomic E-state index is 12.6. The van der Waals surface area contributed by atoms with Gasteiger partial charge in [-0.2, -0.15) is 0 Å². The van der Waals surface area contributed by atoms with Gasteiger partial charge in [-0.1, -0.05) is 18.2 Å². The number of carbonyl (C=O) groups excluding carboxylic acids is 1. The summed E-state index contributed by atoms with van der Waals surface area (Å²) >= 11 is 0. The van der Waals surface area contributed by atoms with Crippen LogP contribution in [0, 0.1) is 11.8 Å². The number of likely N-dealkylation sites (tertiary alicyclic amines) is 1. The number of piperidine rings is 1. The molecule has 2 fully saturated rings. The van der Waals surface area contributed by atoms with Crippen LogP contribution in [0.4, 0.5) is 5.95 Å². The van der Waals surface area contributed by atoms with Crippen molar-refractivity contribution in [3.05, 3.63) is 76.8 Å². The van der Waals surface area contributed by atoms with Crippen molar-refractivity contribution in [2.75, 3.05) is 18.4 Å². The van der Waals surface area contributed by atoms with Gasteiger partial charge in [-0.15, -0.1) is 0 Å². The first-order valence-corrected chi connectivity index (χ1v) is 9.71. The van der Waals surface area contributed by atoms with Crippen LogP contribution in [-0.4, -0.2) is 44.5 Å². The maximum Gasteiger partial charge on any atom is 0.255 e. The second-order valence-electron chi connectivity index (χ2n) is 7.67. The van der Waals surface area contributed by atoms with Crippen molar-refractivity contribution in [2.24, 2.45) is 18.9 Å². The Balaban J connectivity index is 1.29. The van der Waals surface area contributed by atoms with E-state index in [1.165, 1.54) is 10.6 Å². The van der Waals surface area contributed by atoms with Gasteiger partial charge in [-0.25, -0.2) is 4.98 Å². The number of hydrogen-bond donors (Lipinski definition) is 1. The lowest BCUT2D eigenvalue weighted by molar-refractivity contribution is 0.0774. The van der Waals surface area contributed by atoms with E-state index in [-0.39, 0.29) is 17.5 Å². The fourth-order valence-corrected chi connectivity index (χ4v) is 4.16. The first-order valence-electron chi connectivity index (χ1n) is 9.71.